The van der Waals surface area contributed by atoms with Crippen LogP contribution in [0.15, 0.2) is 23.0 Å². The molecule has 1 aromatic heterocycles. The van der Waals surface area contributed by atoms with Gasteiger partial charge in [-0.1, -0.05) is 0 Å². The van der Waals surface area contributed by atoms with Gasteiger partial charge in [0.2, 0.25) is 5.95 Å². The zero-order chi connectivity index (χ0) is 14.3. The minimum absolute atomic E-state index is 0.134. The van der Waals surface area contributed by atoms with E-state index in [9.17, 15) is 4.79 Å². The minimum Gasteiger partial charge on any atom is -0.399 e. The van der Waals surface area contributed by atoms with Crippen LogP contribution in [-0.2, 0) is 0 Å². The number of anilines is 2. The molecule has 3 rings (SSSR count). The molecule has 1 saturated heterocycles. The van der Waals surface area contributed by atoms with E-state index in [0.717, 1.165) is 19.5 Å². The van der Waals surface area contributed by atoms with Gasteiger partial charge in [0.1, 0.15) is 0 Å². The highest BCUT2D eigenvalue weighted by molar-refractivity contribution is 5.81. The molecule has 0 spiro atoms. The monoisotopic (exact) mass is 273 g/mol. The summed E-state index contributed by atoms with van der Waals surface area (Å²) < 4.78 is 0. The average Bonchev–Trinajstić information content (AvgIpc) is 2.89. The van der Waals surface area contributed by atoms with Crippen molar-refractivity contribution >= 4 is 22.5 Å². The number of aromatic amines is 1. The van der Waals surface area contributed by atoms with E-state index in [2.05, 4.69) is 33.9 Å². The molecule has 2 heterocycles. The van der Waals surface area contributed by atoms with E-state index in [0.29, 0.717) is 28.6 Å². The molecule has 1 aliphatic rings. The molecule has 1 aromatic carbocycles. The van der Waals surface area contributed by atoms with Crippen molar-refractivity contribution in [1.29, 1.82) is 0 Å². The highest BCUT2D eigenvalue weighted by Crippen LogP contribution is 2.20. The van der Waals surface area contributed by atoms with E-state index < -0.39 is 0 Å². The van der Waals surface area contributed by atoms with Crippen LogP contribution in [0.25, 0.3) is 10.9 Å². The highest BCUT2D eigenvalue weighted by Gasteiger charge is 2.25. The molecule has 0 aliphatic carbocycles. The number of benzene rings is 1. The molecule has 1 atom stereocenters. The van der Waals surface area contributed by atoms with Gasteiger partial charge >= 0.3 is 0 Å². The Balaban J connectivity index is 1.98. The summed E-state index contributed by atoms with van der Waals surface area (Å²) in [6.45, 7) is 1.79. The molecule has 3 N–H and O–H groups in total. The third-order valence-electron chi connectivity index (χ3n) is 3.91. The predicted molar refractivity (Wildman–Crippen MR) is 81.1 cm³/mol. The van der Waals surface area contributed by atoms with Crippen LogP contribution in [0.3, 0.4) is 0 Å². The number of aromatic nitrogens is 2. The molecule has 0 amide bonds. The third-order valence-corrected chi connectivity index (χ3v) is 3.91. The standard InChI is InChI=1S/C14H19N5O/c1-18(2)10-5-6-19(8-10)14-16-12-4-3-9(15)7-11(12)13(20)17-14/h3-4,7,10H,5-6,8,15H2,1-2H3,(H,16,17,20). The maximum atomic E-state index is 12.1. The number of hydrogen-bond donors (Lipinski definition) is 2. The summed E-state index contributed by atoms with van der Waals surface area (Å²) >= 11 is 0. The van der Waals surface area contributed by atoms with Crippen molar-refractivity contribution in [2.45, 2.75) is 12.5 Å². The van der Waals surface area contributed by atoms with Crippen LogP contribution in [0.4, 0.5) is 11.6 Å². The second kappa shape index (κ2) is 4.79. The number of hydrogen-bond acceptors (Lipinski definition) is 5. The van der Waals surface area contributed by atoms with Gasteiger partial charge in [-0.25, -0.2) is 4.98 Å². The normalized spacial score (nSPS) is 19.1. The second-order valence-corrected chi connectivity index (χ2v) is 5.52. The van der Waals surface area contributed by atoms with Gasteiger partial charge in [0.05, 0.1) is 10.9 Å². The van der Waals surface area contributed by atoms with E-state index in [1.165, 1.54) is 0 Å². The zero-order valence-corrected chi connectivity index (χ0v) is 11.8. The van der Waals surface area contributed by atoms with E-state index in [4.69, 9.17) is 5.73 Å². The van der Waals surface area contributed by atoms with Gasteiger partial charge in [0.25, 0.3) is 5.56 Å². The predicted octanol–water partition coefficient (Wildman–Crippen LogP) is 0.646. The molecule has 6 heteroatoms. The van der Waals surface area contributed by atoms with Gasteiger partial charge < -0.3 is 15.5 Å². The molecule has 6 nitrogen and oxygen atoms in total. The average molecular weight is 273 g/mol. The van der Waals surface area contributed by atoms with Gasteiger partial charge in [-0.3, -0.25) is 9.78 Å². The first-order chi connectivity index (χ1) is 9.54. The van der Waals surface area contributed by atoms with Gasteiger partial charge in [-0.15, -0.1) is 0 Å². The lowest BCUT2D eigenvalue weighted by atomic mass is 10.2. The van der Waals surface area contributed by atoms with E-state index in [1.807, 2.05) is 0 Å². The van der Waals surface area contributed by atoms with Crippen molar-refractivity contribution in [3.8, 4) is 0 Å². The van der Waals surface area contributed by atoms with E-state index in [-0.39, 0.29) is 5.56 Å². The molecule has 20 heavy (non-hydrogen) atoms. The molecule has 1 unspecified atom stereocenters. The Morgan fingerprint density at radius 1 is 1.45 bits per heavy atom. The molecule has 2 aromatic rings. The Morgan fingerprint density at radius 2 is 2.25 bits per heavy atom. The topological polar surface area (TPSA) is 78.2 Å². The summed E-state index contributed by atoms with van der Waals surface area (Å²) in [5, 5.41) is 0.539. The van der Waals surface area contributed by atoms with Crippen LogP contribution >= 0.6 is 0 Å². The summed E-state index contributed by atoms with van der Waals surface area (Å²) in [4.78, 5) is 23.9. The lowest BCUT2D eigenvalue weighted by Crippen LogP contribution is -2.32. The Morgan fingerprint density at radius 3 is 2.95 bits per heavy atom. The summed E-state index contributed by atoms with van der Waals surface area (Å²) in [5.41, 5.74) is 6.84. The molecular weight excluding hydrogens is 254 g/mol. The van der Waals surface area contributed by atoms with Crippen LogP contribution in [0.1, 0.15) is 6.42 Å². The van der Waals surface area contributed by atoms with Gasteiger partial charge in [0, 0.05) is 24.8 Å². The Bertz CT molecular complexity index is 694. The first-order valence-corrected chi connectivity index (χ1v) is 6.75. The molecule has 1 fully saturated rings. The second-order valence-electron chi connectivity index (χ2n) is 5.52. The Hall–Kier alpha value is -2.08. The summed E-state index contributed by atoms with van der Waals surface area (Å²) in [5.74, 6) is 0.650. The van der Waals surface area contributed by atoms with Crippen molar-refractivity contribution in [1.82, 2.24) is 14.9 Å². The molecular formula is C14H19N5O. The number of H-pyrrole nitrogens is 1. The van der Waals surface area contributed by atoms with Crippen molar-refractivity contribution < 1.29 is 0 Å². The summed E-state index contributed by atoms with van der Waals surface area (Å²) in [6.07, 6.45) is 1.08. The van der Waals surface area contributed by atoms with E-state index >= 15 is 0 Å². The number of rotatable bonds is 2. The molecule has 0 saturated carbocycles. The van der Waals surface area contributed by atoms with Gasteiger partial charge in [-0.05, 0) is 38.7 Å². The van der Waals surface area contributed by atoms with Crippen LogP contribution in [0, 0.1) is 0 Å². The first kappa shape index (κ1) is 12.9. The third kappa shape index (κ3) is 2.22. The largest absolute Gasteiger partial charge is 0.399 e. The zero-order valence-electron chi connectivity index (χ0n) is 11.8. The van der Waals surface area contributed by atoms with Crippen molar-refractivity contribution in [2.24, 2.45) is 0 Å². The van der Waals surface area contributed by atoms with Crippen molar-refractivity contribution in [2.75, 3.05) is 37.8 Å². The molecule has 106 valence electrons. The number of fused-ring (bicyclic) bond motifs is 1. The summed E-state index contributed by atoms with van der Waals surface area (Å²) in [7, 11) is 4.15. The van der Waals surface area contributed by atoms with E-state index in [1.54, 1.807) is 18.2 Å². The van der Waals surface area contributed by atoms with Crippen molar-refractivity contribution in [3.05, 3.63) is 28.6 Å². The SMILES string of the molecule is CN(C)C1CCN(c2nc3ccc(N)cc3c(=O)[nH]2)C1. The Labute approximate surface area is 117 Å². The smallest absolute Gasteiger partial charge is 0.260 e. The first-order valence-electron chi connectivity index (χ1n) is 6.75. The lowest BCUT2D eigenvalue weighted by Gasteiger charge is -2.20. The number of nitrogens with one attached hydrogen (secondary N) is 1. The lowest BCUT2D eigenvalue weighted by molar-refractivity contribution is 0.315. The Kier molecular flexibility index (Phi) is 3.10. The van der Waals surface area contributed by atoms with Gasteiger partial charge in [-0.2, -0.15) is 0 Å². The quantitative estimate of drug-likeness (QED) is 0.785. The minimum atomic E-state index is -0.134. The molecule has 0 bridgehead atoms. The van der Waals surface area contributed by atoms with Crippen molar-refractivity contribution in [3.63, 3.8) is 0 Å². The molecule has 0 radical (unpaired) electrons. The van der Waals surface area contributed by atoms with Crippen LogP contribution in [0.2, 0.25) is 0 Å². The number of nitrogens with zero attached hydrogens (tertiary/aromatic N) is 3. The number of nitrogens with two attached hydrogens (primary N) is 1. The fourth-order valence-electron chi connectivity index (χ4n) is 2.65. The number of nitrogen functional groups attached to an aromatic ring is 1. The highest BCUT2D eigenvalue weighted by atomic mass is 16.1. The van der Waals surface area contributed by atoms with Crippen LogP contribution in [-0.4, -0.2) is 48.1 Å². The fourth-order valence-corrected chi connectivity index (χ4v) is 2.65. The maximum absolute atomic E-state index is 12.1. The number of likely N-dealkylation sites (N-methyl/N-ethyl adjacent to an activating group) is 1. The van der Waals surface area contributed by atoms with Crippen LogP contribution < -0.4 is 16.2 Å². The maximum Gasteiger partial charge on any atom is 0.260 e. The molecule has 1 aliphatic heterocycles. The summed E-state index contributed by atoms with van der Waals surface area (Å²) in [6, 6.07) is 5.73. The van der Waals surface area contributed by atoms with Crippen LogP contribution in [0.5, 0.6) is 0 Å². The fraction of sp³-hybridized carbons (Fsp3) is 0.429. The van der Waals surface area contributed by atoms with Gasteiger partial charge in [0.15, 0.2) is 0 Å².